The van der Waals surface area contributed by atoms with E-state index in [1.807, 2.05) is 0 Å². The van der Waals surface area contributed by atoms with E-state index in [1.165, 1.54) is 18.3 Å². The molecule has 1 heterocycles. The summed E-state index contributed by atoms with van der Waals surface area (Å²) in [5, 5.41) is 8.92. The fourth-order valence-electron chi connectivity index (χ4n) is 2.44. The molecule has 0 saturated carbocycles. The third kappa shape index (κ3) is 4.47. The van der Waals surface area contributed by atoms with Crippen molar-refractivity contribution in [3.05, 3.63) is 52.3 Å². The van der Waals surface area contributed by atoms with Crippen LogP contribution in [0.3, 0.4) is 0 Å². The summed E-state index contributed by atoms with van der Waals surface area (Å²) in [5.74, 6) is -0.938. The van der Waals surface area contributed by atoms with Crippen LogP contribution in [0.4, 0.5) is 13.2 Å². The van der Waals surface area contributed by atoms with Gasteiger partial charge in [-0.15, -0.1) is 0 Å². The van der Waals surface area contributed by atoms with Crippen LogP contribution in [0.15, 0.2) is 30.5 Å². The van der Waals surface area contributed by atoms with E-state index in [1.54, 1.807) is 6.92 Å². The van der Waals surface area contributed by atoms with Gasteiger partial charge in [-0.05, 0) is 60.2 Å². The largest absolute Gasteiger partial charge is 0.481 e. The minimum Gasteiger partial charge on any atom is -0.481 e. The maximum Gasteiger partial charge on any atom is 0.416 e. The van der Waals surface area contributed by atoms with E-state index in [4.69, 9.17) is 16.7 Å². The Morgan fingerprint density at radius 2 is 1.96 bits per heavy atom. The number of aliphatic carboxylic acids is 1. The predicted molar refractivity (Wildman–Crippen MR) is 85.0 cm³/mol. The van der Waals surface area contributed by atoms with Gasteiger partial charge in [-0.1, -0.05) is 17.7 Å². The second-order valence-electron chi connectivity index (χ2n) is 5.44. The summed E-state index contributed by atoms with van der Waals surface area (Å²) in [6.07, 6.45) is -2.31. The third-order valence-corrected chi connectivity index (χ3v) is 3.84. The first-order valence-corrected chi connectivity index (χ1v) is 7.60. The van der Waals surface area contributed by atoms with Crippen LogP contribution in [0, 0.1) is 6.92 Å². The van der Waals surface area contributed by atoms with E-state index < -0.39 is 17.7 Å². The van der Waals surface area contributed by atoms with Gasteiger partial charge in [0.1, 0.15) is 5.15 Å². The lowest BCUT2D eigenvalue weighted by Crippen LogP contribution is -2.06. The summed E-state index contributed by atoms with van der Waals surface area (Å²) >= 11 is 5.88. The van der Waals surface area contributed by atoms with E-state index in [9.17, 15) is 18.0 Å². The van der Waals surface area contributed by atoms with E-state index in [-0.39, 0.29) is 11.6 Å². The summed E-state index contributed by atoms with van der Waals surface area (Å²) in [4.78, 5) is 14.6. The zero-order chi connectivity index (χ0) is 17.9. The second-order valence-corrected chi connectivity index (χ2v) is 5.83. The third-order valence-electron chi connectivity index (χ3n) is 3.63. The number of pyridine rings is 1. The Hall–Kier alpha value is -2.08. The molecule has 1 aromatic heterocycles. The molecular weight excluding hydrogens is 343 g/mol. The fourth-order valence-corrected chi connectivity index (χ4v) is 2.60. The Morgan fingerprint density at radius 3 is 2.58 bits per heavy atom. The second kappa shape index (κ2) is 7.21. The molecule has 0 atom stereocenters. The summed E-state index contributed by atoms with van der Waals surface area (Å²) < 4.78 is 39.1. The minimum atomic E-state index is -4.46. The van der Waals surface area contributed by atoms with E-state index in [0.29, 0.717) is 35.1 Å². The molecule has 0 bridgehead atoms. The molecule has 1 N–H and O–H groups in total. The first-order chi connectivity index (χ1) is 11.2. The summed E-state index contributed by atoms with van der Waals surface area (Å²) in [6, 6.07) is 5.01. The average molecular weight is 358 g/mol. The lowest BCUT2D eigenvalue weighted by atomic mass is 9.92. The van der Waals surface area contributed by atoms with Crippen LogP contribution >= 0.6 is 11.6 Å². The molecule has 24 heavy (non-hydrogen) atoms. The smallest absolute Gasteiger partial charge is 0.416 e. The number of aromatic nitrogens is 1. The number of alkyl halides is 3. The molecule has 3 nitrogen and oxygen atoms in total. The average Bonchev–Trinajstić information content (AvgIpc) is 2.48. The zero-order valence-electron chi connectivity index (χ0n) is 12.8. The maximum atomic E-state index is 13.0. The molecule has 0 aliphatic heterocycles. The highest BCUT2D eigenvalue weighted by Crippen LogP contribution is 2.36. The first-order valence-electron chi connectivity index (χ1n) is 7.23. The topological polar surface area (TPSA) is 50.2 Å². The molecule has 0 aliphatic rings. The number of benzene rings is 1. The van der Waals surface area contributed by atoms with Crippen LogP contribution in [0.2, 0.25) is 5.15 Å². The molecule has 1 aromatic carbocycles. The van der Waals surface area contributed by atoms with Gasteiger partial charge >= 0.3 is 12.1 Å². The molecule has 0 fully saturated rings. The molecule has 0 radical (unpaired) electrons. The van der Waals surface area contributed by atoms with Crippen molar-refractivity contribution in [3.8, 4) is 11.1 Å². The monoisotopic (exact) mass is 357 g/mol. The number of halogens is 4. The highest BCUT2D eigenvalue weighted by atomic mass is 35.5. The Bertz CT molecular complexity index is 760. The van der Waals surface area contributed by atoms with Gasteiger partial charge in [-0.3, -0.25) is 4.79 Å². The van der Waals surface area contributed by atoms with Gasteiger partial charge in [0.25, 0.3) is 0 Å². The standard InChI is InChI=1S/C17H15ClF3NO2/c1-10-9-22-15(18)8-13(10)14-7-12(17(19,20)21)6-5-11(14)3-2-4-16(23)24/h5-9H,2-4H2,1H3,(H,23,24). The number of aryl methyl sites for hydroxylation is 2. The van der Waals surface area contributed by atoms with Crippen molar-refractivity contribution >= 4 is 17.6 Å². The Balaban J connectivity index is 2.51. The summed E-state index contributed by atoms with van der Waals surface area (Å²) in [5.41, 5.74) is 1.54. The van der Waals surface area contributed by atoms with Crippen LogP contribution in [0.5, 0.6) is 0 Å². The van der Waals surface area contributed by atoms with Gasteiger partial charge in [-0.25, -0.2) is 4.98 Å². The summed E-state index contributed by atoms with van der Waals surface area (Å²) in [7, 11) is 0. The van der Waals surface area contributed by atoms with Crippen molar-refractivity contribution in [3.63, 3.8) is 0 Å². The minimum absolute atomic E-state index is 0.0451. The highest BCUT2D eigenvalue weighted by molar-refractivity contribution is 6.29. The molecule has 128 valence electrons. The van der Waals surface area contributed by atoms with Gasteiger partial charge in [-0.2, -0.15) is 13.2 Å². The van der Waals surface area contributed by atoms with E-state index >= 15 is 0 Å². The van der Waals surface area contributed by atoms with Gasteiger partial charge in [0.15, 0.2) is 0 Å². The van der Waals surface area contributed by atoms with Crippen molar-refractivity contribution in [1.82, 2.24) is 4.98 Å². The molecule has 0 saturated heterocycles. The number of carboxylic acids is 1. The lowest BCUT2D eigenvalue weighted by molar-refractivity contribution is -0.138. The van der Waals surface area contributed by atoms with Crippen LogP contribution < -0.4 is 0 Å². The number of rotatable bonds is 5. The van der Waals surface area contributed by atoms with Crippen molar-refractivity contribution in [2.75, 3.05) is 0 Å². The molecule has 2 rings (SSSR count). The van der Waals surface area contributed by atoms with Crippen molar-refractivity contribution in [2.24, 2.45) is 0 Å². The molecule has 0 spiro atoms. The molecule has 7 heteroatoms. The van der Waals surface area contributed by atoms with Gasteiger partial charge in [0, 0.05) is 12.6 Å². The van der Waals surface area contributed by atoms with E-state index in [2.05, 4.69) is 4.98 Å². The molecular formula is C17H15ClF3NO2. The van der Waals surface area contributed by atoms with Gasteiger partial charge in [0.2, 0.25) is 0 Å². The number of hydrogen-bond acceptors (Lipinski definition) is 2. The molecule has 0 aliphatic carbocycles. The Labute approximate surface area is 142 Å². The normalized spacial score (nSPS) is 11.5. The van der Waals surface area contributed by atoms with Gasteiger partial charge in [0.05, 0.1) is 5.56 Å². The van der Waals surface area contributed by atoms with Crippen LogP contribution in [0.1, 0.15) is 29.5 Å². The Kier molecular flexibility index (Phi) is 5.49. The molecule has 2 aromatic rings. The van der Waals surface area contributed by atoms with Crippen LogP contribution in [0.25, 0.3) is 11.1 Å². The Morgan fingerprint density at radius 1 is 1.25 bits per heavy atom. The van der Waals surface area contributed by atoms with Crippen molar-refractivity contribution in [1.29, 1.82) is 0 Å². The zero-order valence-corrected chi connectivity index (χ0v) is 13.6. The van der Waals surface area contributed by atoms with Crippen LogP contribution in [-0.4, -0.2) is 16.1 Å². The van der Waals surface area contributed by atoms with E-state index in [0.717, 1.165) is 12.1 Å². The number of carbonyl (C=O) groups is 1. The maximum absolute atomic E-state index is 13.0. The highest BCUT2D eigenvalue weighted by Gasteiger charge is 2.31. The fraction of sp³-hybridized carbons (Fsp3) is 0.294. The number of nitrogens with zero attached hydrogens (tertiary/aromatic N) is 1. The SMILES string of the molecule is Cc1cnc(Cl)cc1-c1cc(C(F)(F)F)ccc1CCCC(=O)O. The lowest BCUT2D eigenvalue weighted by Gasteiger charge is -2.15. The van der Waals surface area contributed by atoms with Gasteiger partial charge < -0.3 is 5.11 Å². The molecule has 0 amide bonds. The predicted octanol–water partition coefficient (Wildman–Crippen LogP) is 5.14. The van der Waals surface area contributed by atoms with Crippen molar-refractivity contribution in [2.45, 2.75) is 32.4 Å². The first kappa shape index (κ1) is 18.3. The van der Waals surface area contributed by atoms with Crippen molar-refractivity contribution < 1.29 is 23.1 Å². The number of hydrogen-bond donors (Lipinski definition) is 1. The molecule has 0 unspecified atom stereocenters. The summed E-state index contributed by atoms with van der Waals surface area (Å²) in [6.45, 7) is 1.74. The number of carboxylic acid groups (broad SMARTS) is 1. The quantitative estimate of drug-likeness (QED) is 0.754. The van der Waals surface area contributed by atoms with Crippen LogP contribution in [-0.2, 0) is 17.4 Å².